The van der Waals surface area contributed by atoms with Gasteiger partial charge < -0.3 is 14.8 Å². The molecular weight excluding hydrogens is 280 g/mol. The molecule has 0 radical (unpaired) electrons. The van der Waals surface area contributed by atoms with Crippen molar-refractivity contribution in [1.29, 1.82) is 0 Å². The van der Waals surface area contributed by atoms with E-state index in [2.05, 4.69) is 5.32 Å². The van der Waals surface area contributed by atoms with Crippen LogP contribution in [0.1, 0.15) is 5.56 Å². The maximum absolute atomic E-state index is 11.6. The van der Waals surface area contributed by atoms with Crippen LogP contribution in [0.3, 0.4) is 0 Å². The van der Waals surface area contributed by atoms with E-state index in [9.17, 15) is 8.42 Å². The molecule has 0 unspecified atom stereocenters. The second-order valence-corrected chi connectivity index (χ2v) is 7.06. The summed E-state index contributed by atoms with van der Waals surface area (Å²) in [5.41, 5.74) is 1.04. The van der Waals surface area contributed by atoms with Crippen LogP contribution in [0, 0.1) is 0 Å². The summed E-state index contributed by atoms with van der Waals surface area (Å²) in [4.78, 5) is 0. The molecule has 112 valence electrons. The van der Waals surface area contributed by atoms with Gasteiger partial charge in [0, 0.05) is 27.2 Å². The highest BCUT2D eigenvalue weighted by Crippen LogP contribution is 2.30. The number of ether oxygens (including phenoxy) is 2. The molecule has 6 nitrogen and oxygen atoms in total. The smallest absolute Gasteiger partial charge is 0.214 e. The lowest BCUT2D eigenvalue weighted by Gasteiger charge is -2.19. The number of rotatable bonds is 6. The first-order valence-corrected chi connectivity index (χ1v) is 8.09. The van der Waals surface area contributed by atoms with Gasteiger partial charge >= 0.3 is 0 Å². The zero-order valence-electron chi connectivity index (χ0n) is 11.8. The second-order valence-electron chi connectivity index (χ2n) is 4.75. The summed E-state index contributed by atoms with van der Waals surface area (Å²) >= 11 is 0. The second kappa shape index (κ2) is 6.43. The molecule has 1 heterocycles. The molecule has 2 rings (SSSR count). The Morgan fingerprint density at radius 3 is 2.60 bits per heavy atom. The average Bonchev–Trinajstić information content (AvgIpc) is 2.43. The number of benzene rings is 1. The van der Waals surface area contributed by atoms with Gasteiger partial charge in [-0.25, -0.2) is 12.7 Å². The highest BCUT2D eigenvalue weighted by Gasteiger charge is 2.13. The van der Waals surface area contributed by atoms with Gasteiger partial charge in [-0.15, -0.1) is 0 Å². The van der Waals surface area contributed by atoms with E-state index in [1.165, 1.54) is 18.4 Å². The van der Waals surface area contributed by atoms with Crippen LogP contribution in [0.5, 0.6) is 11.5 Å². The fourth-order valence-electron chi connectivity index (χ4n) is 1.81. The van der Waals surface area contributed by atoms with Gasteiger partial charge in [0.25, 0.3) is 0 Å². The molecule has 1 aliphatic heterocycles. The summed E-state index contributed by atoms with van der Waals surface area (Å²) in [7, 11) is -0.0652. The summed E-state index contributed by atoms with van der Waals surface area (Å²) in [6, 6.07) is 5.74. The molecule has 7 heteroatoms. The number of hydrogen-bond donors (Lipinski definition) is 1. The third kappa shape index (κ3) is 3.84. The molecule has 0 aromatic heterocycles. The van der Waals surface area contributed by atoms with Crippen molar-refractivity contribution in [1.82, 2.24) is 9.62 Å². The molecule has 0 amide bonds. The van der Waals surface area contributed by atoms with Crippen LogP contribution in [-0.2, 0) is 16.6 Å². The lowest BCUT2D eigenvalue weighted by molar-refractivity contribution is 0.171. The highest BCUT2D eigenvalue weighted by molar-refractivity contribution is 7.89. The van der Waals surface area contributed by atoms with Crippen LogP contribution in [0.4, 0.5) is 0 Å². The van der Waals surface area contributed by atoms with Crippen molar-refractivity contribution in [3.05, 3.63) is 23.8 Å². The highest BCUT2D eigenvalue weighted by atomic mass is 32.2. The number of nitrogens with zero attached hydrogens (tertiary/aromatic N) is 1. The Kier molecular flexibility index (Phi) is 4.85. The molecular formula is C13H20N2O4S. The Morgan fingerprint density at radius 1 is 1.20 bits per heavy atom. The third-order valence-electron chi connectivity index (χ3n) is 3.03. The lowest BCUT2D eigenvalue weighted by atomic mass is 10.2. The normalized spacial score (nSPS) is 14.6. The van der Waals surface area contributed by atoms with Crippen molar-refractivity contribution in [2.75, 3.05) is 39.6 Å². The fourth-order valence-corrected chi connectivity index (χ4v) is 2.58. The average molecular weight is 300 g/mol. The summed E-state index contributed by atoms with van der Waals surface area (Å²) in [5.74, 6) is 1.59. The van der Waals surface area contributed by atoms with Gasteiger partial charge in [-0.2, -0.15) is 0 Å². The monoisotopic (exact) mass is 300 g/mol. The van der Waals surface area contributed by atoms with Gasteiger partial charge in [0.1, 0.15) is 13.2 Å². The summed E-state index contributed by atoms with van der Waals surface area (Å²) in [6.07, 6.45) is 0. The maximum atomic E-state index is 11.6. The topological polar surface area (TPSA) is 67.9 Å². The van der Waals surface area contributed by atoms with E-state index in [4.69, 9.17) is 9.47 Å². The fraction of sp³-hybridized carbons (Fsp3) is 0.538. The van der Waals surface area contributed by atoms with Crippen LogP contribution in [0.15, 0.2) is 18.2 Å². The molecule has 1 aliphatic rings. The largest absolute Gasteiger partial charge is 0.486 e. The van der Waals surface area contributed by atoms with Crippen molar-refractivity contribution in [2.24, 2.45) is 0 Å². The Labute approximate surface area is 119 Å². The van der Waals surface area contributed by atoms with E-state index in [0.717, 1.165) is 17.1 Å². The minimum atomic E-state index is -3.14. The van der Waals surface area contributed by atoms with Gasteiger partial charge in [-0.1, -0.05) is 6.07 Å². The van der Waals surface area contributed by atoms with E-state index in [1.54, 1.807) is 0 Å². The molecule has 0 spiro atoms. The number of nitrogens with one attached hydrogen (secondary N) is 1. The standard InChI is InChI=1S/C13H20N2O4S/c1-15(2)20(16,17)8-5-14-10-11-3-4-12-13(9-11)19-7-6-18-12/h3-4,9,14H,5-8,10H2,1-2H3. The zero-order valence-corrected chi connectivity index (χ0v) is 12.6. The Morgan fingerprint density at radius 2 is 1.90 bits per heavy atom. The van der Waals surface area contributed by atoms with Gasteiger partial charge in [0.2, 0.25) is 10.0 Å². The first-order chi connectivity index (χ1) is 9.49. The van der Waals surface area contributed by atoms with Gasteiger partial charge in [-0.05, 0) is 17.7 Å². The minimum absolute atomic E-state index is 0.0878. The van der Waals surface area contributed by atoms with Crippen LogP contribution >= 0.6 is 0 Å². The van der Waals surface area contributed by atoms with Crippen LogP contribution in [0.25, 0.3) is 0 Å². The van der Waals surface area contributed by atoms with Gasteiger partial charge in [0.05, 0.1) is 5.75 Å². The van der Waals surface area contributed by atoms with E-state index in [0.29, 0.717) is 26.3 Å². The molecule has 0 aliphatic carbocycles. The molecule has 0 atom stereocenters. The van der Waals surface area contributed by atoms with Gasteiger partial charge in [-0.3, -0.25) is 0 Å². The summed E-state index contributed by atoms with van der Waals surface area (Å²) in [5, 5.41) is 3.12. The molecule has 0 bridgehead atoms. The molecule has 1 aromatic rings. The van der Waals surface area contributed by atoms with Gasteiger partial charge in [0.15, 0.2) is 11.5 Å². The van der Waals surface area contributed by atoms with Crippen molar-refractivity contribution < 1.29 is 17.9 Å². The number of sulfonamides is 1. The van der Waals surface area contributed by atoms with Crippen LogP contribution in [-0.4, -0.2) is 52.3 Å². The van der Waals surface area contributed by atoms with E-state index < -0.39 is 10.0 Å². The predicted molar refractivity (Wildman–Crippen MR) is 76.6 cm³/mol. The van der Waals surface area contributed by atoms with E-state index in [1.807, 2.05) is 18.2 Å². The predicted octanol–water partition coefficient (Wildman–Crippen LogP) is 0.439. The number of fused-ring (bicyclic) bond motifs is 1. The summed E-state index contributed by atoms with van der Waals surface area (Å²) < 4.78 is 35.3. The molecule has 0 fully saturated rings. The minimum Gasteiger partial charge on any atom is -0.486 e. The van der Waals surface area contributed by atoms with Crippen molar-refractivity contribution in [3.63, 3.8) is 0 Å². The van der Waals surface area contributed by atoms with Crippen molar-refractivity contribution >= 4 is 10.0 Å². The Hall–Kier alpha value is -1.31. The maximum Gasteiger partial charge on any atom is 0.214 e. The van der Waals surface area contributed by atoms with Crippen LogP contribution in [0.2, 0.25) is 0 Å². The van der Waals surface area contributed by atoms with E-state index >= 15 is 0 Å². The van der Waals surface area contributed by atoms with E-state index in [-0.39, 0.29) is 5.75 Å². The molecule has 0 saturated carbocycles. The summed E-state index contributed by atoms with van der Waals surface area (Å²) in [6.45, 7) is 2.15. The lowest BCUT2D eigenvalue weighted by Crippen LogP contribution is -2.31. The van der Waals surface area contributed by atoms with Crippen LogP contribution < -0.4 is 14.8 Å². The first-order valence-electron chi connectivity index (χ1n) is 6.48. The quantitative estimate of drug-likeness (QED) is 0.772. The zero-order chi connectivity index (χ0) is 14.6. The molecule has 0 saturated heterocycles. The molecule has 20 heavy (non-hydrogen) atoms. The SMILES string of the molecule is CN(C)S(=O)(=O)CCNCc1ccc2c(c1)OCCO2. The first kappa shape index (κ1) is 15.1. The Bertz CT molecular complexity index is 557. The molecule has 1 N–H and O–H groups in total. The van der Waals surface area contributed by atoms with Crippen molar-refractivity contribution in [2.45, 2.75) is 6.54 Å². The molecule has 1 aromatic carbocycles. The number of hydrogen-bond acceptors (Lipinski definition) is 5. The van der Waals surface area contributed by atoms with Crippen molar-refractivity contribution in [3.8, 4) is 11.5 Å². The third-order valence-corrected chi connectivity index (χ3v) is 4.86. The Balaban J connectivity index is 1.83.